The Hall–Kier alpha value is -0.780. The summed E-state index contributed by atoms with van der Waals surface area (Å²) < 4.78 is 29.9. The third kappa shape index (κ3) is 3.84. The second kappa shape index (κ2) is 8.95. The van der Waals surface area contributed by atoms with Crippen molar-refractivity contribution in [2.45, 2.75) is 123 Å². The Morgan fingerprint density at radius 3 is 2.38 bits per heavy atom. The molecule has 0 aliphatic heterocycles. The topological polar surface area (TPSA) is 60.7 Å². The summed E-state index contributed by atoms with van der Waals surface area (Å²) in [5.74, 6) is -1.77. The summed E-state index contributed by atoms with van der Waals surface area (Å²) in [4.78, 5) is 0. The molecule has 0 amide bonds. The number of alkyl halides is 2. The van der Waals surface area contributed by atoms with Crippen LogP contribution in [0.3, 0.4) is 0 Å². The molecule has 5 heteroatoms. The van der Waals surface area contributed by atoms with E-state index in [0.29, 0.717) is 37.0 Å². The minimum atomic E-state index is -3.06. The van der Waals surface area contributed by atoms with Crippen LogP contribution in [0.5, 0.6) is 0 Å². The SMILES string of the molecule is CCC(O)(CC)C(F)(F)CC[C@@H](C)[C@H]1CC[C@H]2C3=CC=C4CC(O)CC(O)[C@]4(C)[C@H]3CC[C@]12C. The minimum absolute atomic E-state index is 0.0702. The van der Waals surface area contributed by atoms with Crippen LogP contribution >= 0.6 is 0 Å². The summed E-state index contributed by atoms with van der Waals surface area (Å²) in [5, 5.41) is 31.7. The Morgan fingerprint density at radius 1 is 1.06 bits per heavy atom. The summed E-state index contributed by atoms with van der Waals surface area (Å²) in [7, 11) is 0. The van der Waals surface area contributed by atoms with Crippen LogP contribution in [0, 0.1) is 34.5 Å². The number of aliphatic hydroxyl groups excluding tert-OH is 2. The van der Waals surface area contributed by atoms with Crippen molar-refractivity contribution in [1.29, 1.82) is 0 Å². The molecule has 4 aliphatic rings. The lowest BCUT2D eigenvalue weighted by Crippen LogP contribution is -2.52. The zero-order chi connectivity index (χ0) is 25.1. The first kappa shape index (κ1) is 26.3. The van der Waals surface area contributed by atoms with Gasteiger partial charge in [0.05, 0.1) is 12.2 Å². The number of halogens is 2. The van der Waals surface area contributed by atoms with Gasteiger partial charge in [0.15, 0.2) is 0 Å². The normalized spacial score (nSPS) is 41.2. The number of allylic oxidation sites excluding steroid dienone is 3. The number of fused-ring (bicyclic) bond motifs is 5. The van der Waals surface area contributed by atoms with Crippen LogP contribution in [0.2, 0.25) is 0 Å². The zero-order valence-corrected chi connectivity index (χ0v) is 21.8. The molecule has 4 aliphatic carbocycles. The van der Waals surface area contributed by atoms with E-state index in [4.69, 9.17) is 0 Å². The molecular formula is C29H46F2O3. The van der Waals surface area contributed by atoms with E-state index in [1.54, 1.807) is 13.8 Å². The third-order valence-electron chi connectivity index (χ3n) is 11.2. The molecule has 0 bridgehead atoms. The second-order valence-electron chi connectivity index (χ2n) is 12.5. The molecule has 3 saturated carbocycles. The second-order valence-corrected chi connectivity index (χ2v) is 12.5. The molecule has 3 N–H and O–H groups in total. The monoisotopic (exact) mass is 480 g/mol. The van der Waals surface area contributed by atoms with Crippen LogP contribution in [0.25, 0.3) is 0 Å². The third-order valence-corrected chi connectivity index (χ3v) is 11.2. The van der Waals surface area contributed by atoms with Crippen molar-refractivity contribution in [1.82, 2.24) is 0 Å². The van der Waals surface area contributed by atoms with Crippen molar-refractivity contribution < 1.29 is 24.1 Å². The maximum absolute atomic E-state index is 14.9. The van der Waals surface area contributed by atoms with Gasteiger partial charge in [-0.2, -0.15) is 0 Å². The Morgan fingerprint density at radius 2 is 1.74 bits per heavy atom. The highest BCUT2D eigenvalue weighted by molar-refractivity contribution is 5.40. The van der Waals surface area contributed by atoms with Gasteiger partial charge in [0, 0.05) is 18.3 Å². The van der Waals surface area contributed by atoms with E-state index in [2.05, 4.69) is 32.9 Å². The van der Waals surface area contributed by atoms with E-state index in [1.807, 2.05) is 0 Å². The smallest absolute Gasteiger partial charge is 0.276 e. The predicted octanol–water partition coefficient (Wildman–Crippen LogP) is 6.42. The fraction of sp³-hybridized carbons (Fsp3) is 0.862. The van der Waals surface area contributed by atoms with Gasteiger partial charge < -0.3 is 15.3 Å². The first-order valence-corrected chi connectivity index (χ1v) is 13.7. The van der Waals surface area contributed by atoms with Crippen molar-refractivity contribution in [2.75, 3.05) is 0 Å². The number of hydrogen-bond donors (Lipinski definition) is 3. The molecule has 0 aromatic carbocycles. The number of aliphatic hydroxyl groups is 3. The maximum atomic E-state index is 14.9. The van der Waals surface area contributed by atoms with E-state index in [-0.39, 0.29) is 36.0 Å². The Balaban J connectivity index is 1.52. The van der Waals surface area contributed by atoms with Crippen LogP contribution in [0.4, 0.5) is 8.78 Å². The Labute approximate surface area is 204 Å². The predicted molar refractivity (Wildman–Crippen MR) is 131 cm³/mol. The largest absolute Gasteiger partial charge is 0.393 e. The molecule has 0 aromatic rings. The van der Waals surface area contributed by atoms with Gasteiger partial charge in [-0.3, -0.25) is 0 Å². The molecule has 3 nitrogen and oxygen atoms in total. The van der Waals surface area contributed by atoms with Gasteiger partial charge in [0.2, 0.25) is 0 Å². The number of rotatable bonds is 7. The van der Waals surface area contributed by atoms with E-state index < -0.39 is 23.7 Å². The highest BCUT2D eigenvalue weighted by Gasteiger charge is 2.59. The van der Waals surface area contributed by atoms with Gasteiger partial charge in [-0.05, 0) is 80.5 Å². The molecule has 0 heterocycles. The summed E-state index contributed by atoms with van der Waals surface area (Å²) in [6.45, 7) is 9.99. The Kier molecular flexibility index (Phi) is 6.92. The maximum Gasteiger partial charge on any atom is 0.276 e. The van der Waals surface area contributed by atoms with E-state index >= 15 is 0 Å². The molecule has 4 rings (SSSR count). The summed E-state index contributed by atoms with van der Waals surface area (Å²) in [6.07, 6.45) is 9.03. The Bertz CT molecular complexity index is 831. The number of hydrogen-bond acceptors (Lipinski definition) is 3. The first-order chi connectivity index (χ1) is 15.8. The molecular weight excluding hydrogens is 434 g/mol. The molecule has 34 heavy (non-hydrogen) atoms. The molecule has 0 saturated heterocycles. The highest BCUT2D eigenvalue weighted by Crippen LogP contribution is 2.66. The summed E-state index contributed by atoms with van der Waals surface area (Å²) >= 11 is 0. The van der Waals surface area contributed by atoms with Gasteiger partial charge in [-0.25, -0.2) is 8.78 Å². The van der Waals surface area contributed by atoms with Crippen molar-refractivity contribution in [3.8, 4) is 0 Å². The molecule has 0 radical (unpaired) electrons. The van der Waals surface area contributed by atoms with Gasteiger partial charge in [0.25, 0.3) is 5.92 Å². The van der Waals surface area contributed by atoms with Crippen molar-refractivity contribution in [3.05, 3.63) is 23.3 Å². The summed E-state index contributed by atoms with van der Waals surface area (Å²) in [5.41, 5.74) is 0.501. The standard InChI is InChI=1S/C29H46F2O3/c1-6-28(34,7-2)29(30,31)15-12-18(3)22-10-11-23-21-9-8-19-16-20(32)17-25(33)27(19,5)24(21)13-14-26(22,23)4/h8-9,18,20,22-25,32-34H,6-7,10-17H2,1-5H3/t18-,20?,22-,23+,24+,25?,26-,27+/m1/s1. The van der Waals surface area contributed by atoms with Gasteiger partial charge in [-0.15, -0.1) is 0 Å². The average molecular weight is 481 g/mol. The fourth-order valence-corrected chi connectivity index (χ4v) is 8.63. The molecule has 0 aromatic heterocycles. The van der Waals surface area contributed by atoms with E-state index in [0.717, 1.165) is 25.7 Å². The van der Waals surface area contributed by atoms with Gasteiger partial charge in [-0.1, -0.05) is 57.9 Å². The van der Waals surface area contributed by atoms with Crippen molar-refractivity contribution in [3.63, 3.8) is 0 Å². The van der Waals surface area contributed by atoms with E-state index in [1.165, 1.54) is 11.1 Å². The van der Waals surface area contributed by atoms with Gasteiger partial charge in [0.1, 0.15) is 5.60 Å². The van der Waals surface area contributed by atoms with Crippen molar-refractivity contribution >= 4 is 0 Å². The van der Waals surface area contributed by atoms with Crippen LogP contribution in [-0.4, -0.2) is 39.1 Å². The lowest BCUT2D eigenvalue weighted by molar-refractivity contribution is -0.190. The van der Waals surface area contributed by atoms with Crippen LogP contribution in [0.1, 0.15) is 98.8 Å². The van der Waals surface area contributed by atoms with E-state index in [9.17, 15) is 24.1 Å². The minimum Gasteiger partial charge on any atom is -0.393 e. The van der Waals surface area contributed by atoms with Gasteiger partial charge >= 0.3 is 0 Å². The highest BCUT2D eigenvalue weighted by atomic mass is 19.3. The molecule has 194 valence electrons. The molecule has 0 spiro atoms. The summed E-state index contributed by atoms with van der Waals surface area (Å²) in [6, 6.07) is 0. The lowest BCUT2D eigenvalue weighted by Gasteiger charge is -2.56. The fourth-order valence-electron chi connectivity index (χ4n) is 8.63. The van der Waals surface area contributed by atoms with Crippen molar-refractivity contribution in [2.24, 2.45) is 34.5 Å². The molecule has 2 unspecified atom stereocenters. The van der Waals surface area contributed by atoms with Crippen LogP contribution in [-0.2, 0) is 0 Å². The average Bonchev–Trinajstić information content (AvgIpc) is 3.15. The lowest BCUT2D eigenvalue weighted by atomic mass is 9.49. The zero-order valence-electron chi connectivity index (χ0n) is 21.8. The van der Waals surface area contributed by atoms with Crippen LogP contribution < -0.4 is 0 Å². The first-order valence-electron chi connectivity index (χ1n) is 13.7. The molecule has 8 atom stereocenters. The quantitative estimate of drug-likeness (QED) is 0.394. The van der Waals surface area contributed by atoms with Crippen LogP contribution in [0.15, 0.2) is 23.3 Å². The molecule has 3 fully saturated rings.